The number of amides is 1. The van der Waals surface area contributed by atoms with Gasteiger partial charge in [-0.1, -0.05) is 63.7 Å². The molecule has 0 aliphatic rings. The Balaban J connectivity index is 2.20. The summed E-state index contributed by atoms with van der Waals surface area (Å²) in [5.41, 5.74) is 1.04. The molecule has 25 heavy (non-hydrogen) atoms. The molecule has 1 heterocycles. The number of aliphatic hydroxyl groups excluding tert-OH is 1. The molecule has 0 bridgehead atoms. The van der Waals surface area contributed by atoms with Crippen LogP contribution in [0.3, 0.4) is 0 Å². The molecular formula is C21H33NO2S. The Hall–Kier alpha value is -1.31. The van der Waals surface area contributed by atoms with Gasteiger partial charge in [0.2, 0.25) is 5.91 Å². The van der Waals surface area contributed by atoms with Crippen LogP contribution in [-0.4, -0.2) is 23.7 Å². The van der Waals surface area contributed by atoms with E-state index in [0.717, 1.165) is 16.9 Å². The molecule has 0 aromatic carbocycles. The summed E-state index contributed by atoms with van der Waals surface area (Å²) in [6, 6.07) is 1.85. The van der Waals surface area contributed by atoms with Gasteiger partial charge >= 0.3 is 0 Å². The highest BCUT2D eigenvalue weighted by Gasteiger charge is 2.10. The second kappa shape index (κ2) is 13.9. The largest absolute Gasteiger partial charge is 0.394 e. The van der Waals surface area contributed by atoms with E-state index in [1.165, 1.54) is 58.3 Å². The molecule has 0 spiro atoms. The van der Waals surface area contributed by atoms with Crippen molar-refractivity contribution in [3.63, 3.8) is 0 Å². The minimum Gasteiger partial charge on any atom is -0.394 e. The highest BCUT2D eigenvalue weighted by molar-refractivity contribution is 7.10. The molecule has 0 saturated heterocycles. The van der Waals surface area contributed by atoms with Crippen LogP contribution in [0.25, 0.3) is 0 Å². The SMILES string of the molecule is CCCCCCCCCCC#Cc1csc(CC(CO)NC(C)=O)c1. The van der Waals surface area contributed by atoms with Gasteiger partial charge in [-0.2, -0.15) is 0 Å². The van der Waals surface area contributed by atoms with Crippen LogP contribution in [-0.2, 0) is 11.2 Å². The summed E-state index contributed by atoms with van der Waals surface area (Å²) in [7, 11) is 0. The first-order valence-corrected chi connectivity index (χ1v) is 10.5. The first-order chi connectivity index (χ1) is 12.2. The minimum absolute atomic E-state index is 0.0447. The van der Waals surface area contributed by atoms with Gasteiger partial charge in [-0.15, -0.1) is 11.3 Å². The van der Waals surface area contributed by atoms with Gasteiger partial charge in [-0.3, -0.25) is 4.79 Å². The third kappa shape index (κ3) is 11.0. The highest BCUT2D eigenvalue weighted by Crippen LogP contribution is 2.16. The quantitative estimate of drug-likeness (QED) is 0.419. The fraction of sp³-hybridized carbons (Fsp3) is 0.667. The molecule has 140 valence electrons. The van der Waals surface area contributed by atoms with Crippen LogP contribution in [0.1, 0.15) is 82.1 Å². The molecule has 4 heteroatoms. The molecule has 1 atom stereocenters. The number of carbonyl (C=O) groups excluding carboxylic acids is 1. The summed E-state index contributed by atoms with van der Waals surface area (Å²) in [5, 5.41) is 14.1. The van der Waals surface area contributed by atoms with Gasteiger partial charge in [0.05, 0.1) is 12.6 Å². The number of unbranched alkanes of at least 4 members (excludes halogenated alkanes) is 8. The minimum atomic E-state index is -0.214. The summed E-state index contributed by atoms with van der Waals surface area (Å²) in [4.78, 5) is 12.2. The zero-order valence-corrected chi connectivity index (χ0v) is 16.6. The Morgan fingerprint density at radius 2 is 1.88 bits per heavy atom. The van der Waals surface area contributed by atoms with E-state index in [1.54, 1.807) is 11.3 Å². The Bertz CT molecular complexity index is 542. The van der Waals surface area contributed by atoms with Gasteiger partial charge < -0.3 is 10.4 Å². The predicted octanol–water partition coefficient (Wildman–Crippen LogP) is 4.67. The Labute approximate surface area is 157 Å². The lowest BCUT2D eigenvalue weighted by molar-refractivity contribution is -0.119. The lowest BCUT2D eigenvalue weighted by atomic mass is 10.1. The average Bonchev–Trinajstić information content (AvgIpc) is 3.03. The van der Waals surface area contributed by atoms with Crippen molar-refractivity contribution in [2.75, 3.05) is 6.61 Å². The molecule has 1 amide bonds. The first-order valence-electron chi connectivity index (χ1n) is 9.60. The molecule has 0 fully saturated rings. The Morgan fingerprint density at radius 1 is 1.20 bits per heavy atom. The lowest BCUT2D eigenvalue weighted by Crippen LogP contribution is -2.37. The number of rotatable bonds is 12. The maximum Gasteiger partial charge on any atom is 0.217 e. The third-order valence-electron chi connectivity index (χ3n) is 4.12. The molecule has 3 nitrogen and oxygen atoms in total. The molecule has 2 N–H and O–H groups in total. The summed E-state index contributed by atoms with van der Waals surface area (Å²) >= 11 is 1.64. The first kappa shape index (κ1) is 21.7. The number of thiophene rings is 1. The number of hydrogen-bond acceptors (Lipinski definition) is 3. The van der Waals surface area contributed by atoms with Crippen LogP contribution < -0.4 is 5.32 Å². The van der Waals surface area contributed by atoms with Gasteiger partial charge in [0.1, 0.15) is 0 Å². The van der Waals surface area contributed by atoms with Crippen molar-refractivity contribution in [1.29, 1.82) is 0 Å². The maximum atomic E-state index is 11.1. The van der Waals surface area contributed by atoms with Gasteiger partial charge in [0, 0.05) is 35.6 Å². The van der Waals surface area contributed by atoms with E-state index in [0.29, 0.717) is 6.42 Å². The highest BCUT2D eigenvalue weighted by atomic mass is 32.1. The summed E-state index contributed by atoms with van der Waals surface area (Å²) in [5.74, 6) is 6.38. The van der Waals surface area contributed by atoms with E-state index in [4.69, 9.17) is 0 Å². The van der Waals surface area contributed by atoms with E-state index in [2.05, 4.69) is 35.5 Å². The van der Waals surface area contributed by atoms with Gasteiger partial charge in [-0.25, -0.2) is 0 Å². The van der Waals surface area contributed by atoms with Crippen molar-refractivity contribution >= 4 is 17.2 Å². The van der Waals surface area contributed by atoms with Crippen molar-refractivity contribution in [3.05, 3.63) is 21.9 Å². The predicted molar refractivity (Wildman–Crippen MR) is 107 cm³/mol. The maximum absolute atomic E-state index is 11.1. The second-order valence-electron chi connectivity index (χ2n) is 6.61. The molecule has 0 aliphatic carbocycles. The van der Waals surface area contributed by atoms with Crippen LogP contribution in [0.15, 0.2) is 11.4 Å². The van der Waals surface area contributed by atoms with Crippen molar-refractivity contribution in [1.82, 2.24) is 5.32 Å². The average molecular weight is 364 g/mol. The van der Waals surface area contributed by atoms with E-state index in [-0.39, 0.29) is 18.6 Å². The van der Waals surface area contributed by atoms with Crippen LogP contribution in [0.2, 0.25) is 0 Å². The molecular weight excluding hydrogens is 330 g/mol. The molecule has 0 radical (unpaired) electrons. The van der Waals surface area contributed by atoms with Gasteiger partial charge in [-0.05, 0) is 12.5 Å². The molecule has 0 aliphatic heterocycles. The fourth-order valence-corrected chi connectivity index (χ4v) is 3.65. The zero-order chi connectivity index (χ0) is 18.3. The smallest absolute Gasteiger partial charge is 0.217 e. The Kier molecular flexibility index (Phi) is 12.1. The fourth-order valence-electron chi connectivity index (χ4n) is 2.76. The van der Waals surface area contributed by atoms with Crippen molar-refractivity contribution in [3.8, 4) is 11.8 Å². The lowest BCUT2D eigenvalue weighted by Gasteiger charge is -2.13. The van der Waals surface area contributed by atoms with E-state index >= 15 is 0 Å². The molecule has 1 aromatic rings. The second-order valence-corrected chi connectivity index (χ2v) is 7.61. The van der Waals surface area contributed by atoms with Crippen LogP contribution >= 0.6 is 11.3 Å². The summed E-state index contributed by atoms with van der Waals surface area (Å²) in [6.07, 6.45) is 12.2. The van der Waals surface area contributed by atoms with Gasteiger partial charge in [0.25, 0.3) is 0 Å². The van der Waals surface area contributed by atoms with E-state index in [1.807, 2.05) is 0 Å². The topological polar surface area (TPSA) is 49.3 Å². The normalized spacial score (nSPS) is 11.6. The number of nitrogens with one attached hydrogen (secondary N) is 1. The monoisotopic (exact) mass is 363 g/mol. The van der Waals surface area contributed by atoms with E-state index in [9.17, 15) is 9.90 Å². The molecule has 0 saturated carbocycles. The van der Waals surface area contributed by atoms with Crippen LogP contribution in [0.4, 0.5) is 0 Å². The zero-order valence-electron chi connectivity index (χ0n) is 15.8. The van der Waals surface area contributed by atoms with Crippen LogP contribution in [0, 0.1) is 11.8 Å². The number of hydrogen-bond donors (Lipinski definition) is 2. The van der Waals surface area contributed by atoms with E-state index < -0.39 is 0 Å². The summed E-state index contributed by atoms with van der Waals surface area (Å²) in [6.45, 7) is 3.68. The van der Waals surface area contributed by atoms with Crippen molar-refractivity contribution in [2.45, 2.75) is 84.1 Å². The summed E-state index contributed by atoms with van der Waals surface area (Å²) < 4.78 is 0. The molecule has 1 unspecified atom stereocenters. The number of carbonyl (C=O) groups is 1. The molecule has 1 rings (SSSR count). The van der Waals surface area contributed by atoms with Crippen molar-refractivity contribution < 1.29 is 9.90 Å². The van der Waals surface area contributed by atoms with Crippen LogP contribution in [0.5, 0.6) is 0 Å². The third-order valence-corrected chi connectivity index (χ3v) is 5.08. The van der Waals surface area contributed by atoms with Gasteiger partial charge in [0.15, 0.2) is 0 Å². The molecule has 1 aromatic heterocycles. The standard InChI is InChI=1S/C21H33NO2S/c1-3-4-5-6-7-8-9-10-11-12-13-19-14-21(25-17-19)15-20(16-23)22-18(2)24/h14,17,20,23H,3-11,15-16H2,1-2H3,(H,22,24). The van der Waals surface area contributed by atoms with Crippen molar-refractivity contribution in [2.24, 2.45) is 0 Å². The Morgan fingerprint density at radius 3 is 2.52 bits per heavy atom. The number of aliphatic hydroxyl groups is 1.